The Morgan fingerprint density at radius 1 is 0.381 bits per heavy atom. The number of aromatic amines is 2. The van der Waals surface area contributed by atoms with Crippen LogP contribution >= 0.6 is 11.8 Å². The molecule has 1 fully saturated rings. The molecular weight excluding hydrogens is 1460 g/mol. The van der Waals surface area contributed by atoms with Gasteiger partial charge in [-0.05, 0) is 104 Å². The van der Waals surface area contributed by atoms with Crippen LogP contribution in [0.15, 0.2) is 221 Å². The highest BCUT2D eigenvalue weighted by molar-refractivity contribution is 8.02. The Kier molecular flexibility index (Phi) is 135. The summed E-state index contributed by atoms with van der Waals surface area (Å²) in [4.78, 5) is 18.0. The van der Waals surface area contributed by atoms with E-state index in [-0.39, 0.29) is 0 Å². The third-order valence-corrected chi connectivity index (χ3v) is 12.2. The lowest BCUT2D eigenvalue weighted by Crippen LogP contribution is -2.44. The van der Waals surface area contributed by atoms with Gasteiger partial charge >= 0.3 is 18.5 Å². The number of aromatic nitrogens is 7. The largest absolute Gasteiger partial charge is 0.585 e. The van der Waals surface area contributed by atoms with E-state index < -0.39 is 18.5 Å². The molecule has 0 unspecified atom stereocenters. The van der Waals surface area contributed by atoms with E-state index in [4.69, 9.17) is 9.47 Å². The lowest BCUT2D eigenvalue weighted by molar-refractivity contribution is -0.417. The number of H-pyrrole nitrogens is 2. The lowest BCUT2D eigenvalue weighted by atomic mass is 9.98. The number of ether oxygens (including phenoxy) is 6. The van der Waals surface area contributed by atoms with E-state index in [9.17, 15) is 26.3 Å². The minimum absolute atomic E-state index is 0.359. The number of halogens is 6. The van der Waals surface area contributed by atoms with Crippen LogP contribution in [-0.4, -0.2) is 92.2 Å². The number of pyridine rings is 1. The molecule has 2 aromatic carbocycles. The average Bonchev–Trinajstić information content (AvgIpc) is 1.79. The first kappa shape index (κ1) is 128. The smallest absolute Gasteiger partial charge is 0.502 e. The Labute approximate surface area is 690 Å². The van der Waals surface area contributed by atoms with Crippen molar-refractivity contribution in [1.29, 1.82) is 0 Å². The van der Waals surface area contributed by atoms with Crippen molar-refractivity contribution in [2.24, 2.45) is 0 Å². The summed E-state index contributed by atoms with van der Waals surface area (Å²) >= 11 is 1.85. The minimum atomic E-state index is -4.57. The van der Waals surface area contributed by atoms with Crippen molar-refractivity contribution in [1.82, 2.24) is 51.1 Å². The van der Waals surface area contributed by atoms with Crippen LogP contribution in [0.5, 0.6) is 0 Å². The number of hydrogen-bond donors (Lipinski definition) is 5. The van der Waals surface area contributed by atoms with Crippen molar-refractivity contribution in [2.75, 3.05) is 38.6 Å². The second-order valence-corrected chi connectivity index (χ2v) is 19.2. The standard InChI is InChI=1S/C9H8.C8H11N.C6H12.C6H6.C5H5N.C5H8O.C4H2F4O2.C4H4N2.C4H7NO.C4H7NS.C4H7N.C3H2F2O2.C2H3N3.13C2H6/c1-2-5-9-7-3-6-8(9)4-1;1-2-4-8-7(3-1)5-6-9-8;4*1-2-4-6-5-3-1;5-3(6)4(7,8)10-2-1-9-3;1-2-6-4-3-5-1;2*1-3-6-4-2-5-1;1-2-4-5-3-1;4-3(5)6-1-2-7-3;1-3-2-5-4-1;13*1-2/h1-6H,7H2;5-6,9H,1-4H2;1-6H2;1-6H;1-5H;2,4H,1,3,5H2;1-2H;1-4H;2*1,3,5H,2,4H2;1,3,5H,2,4H2;1-2H;1-2H,(H,3,4,5);13*1-2H3. The van der Waals surface area contributed by atoms with Crippen molar-refractivity contribution in [3.05, 3.63) is 243 Å². The van der Waals surface area contributed by atoms with Gasteiger partial charge in [0, 0.05) is 86.9 Å². The summed E-state index contributed by atoms with van der Waals surface area (Å²) in [6, 6.07) is 28.4. The Balaban J connectivity index is -0.000000109. The normalized spacial score (nSPS) is 13.9. The van der Waals surface area contributed by atoms with E-state index in [1.807, 2.05) is 265 Å². The van der Waals surface area contributed by atoms with Gasteiger partial charge in [0.1, 0.15) is 44.3 Å². The Morgan fingerprint density at radius 3 is 1.09 bits per heavy atom. The van der Waals surface area contributed by atoms with Crippen molar-refractivity contribution in [2.45, 2.75) is 288 Å². The fourth-order valence-corrected chi connectivity index (χ4v) is 7.70. The van der Waals surface area contributed by atoms with Gasteiger partial charge in [-0.2, -0.15) is 22.7 Å². The molecular formula is C90H160F6N10O6S. The van der Waals surface area contributed by atoms with Gasteiger partial charge in [-0.1, -0.05) is 304 Å². The van der Waals surface area contributed by atoms with Crippen molar-refractivity contribution < 1.29 is 54.8 Å². The van der Waals surface area contributed by atoms with Gasteiger partial charge in [-0.15, -0.1) is 20.5 Å². The molecule has 4 aromatic heterocycles. The first-order valence-electron chi connectivity index (χ1n) is 41.6. The summed E-state index contributed by atoms with van der Waals surface area (Å²) in [6.45, 7) is 56.9. The van der Waals surface area contributed by atoms with Gasteiger partial charge < -0.3 is 49.4 Å². The van der Waals surface area contributed by atoms with Gasteiger partial charge in [0.25, 0.3) is 0 Å². The maximum absolute atomic E-state index is 11.8. The summed E-state index contributed by atoms with van der Waals surface area (Å²) in [5.41, 5.74) is 5.86. The summed E-state index contributed by atoms with van der Waals surface area (Å²) in [5, 5.41) is 17.2. The van der Waals surface area contributed by atoms with Crippen LogP contribution in [0.2, 0.25) is 0 Å². The summed E-state index contributed by atoms with van der Waals surface area (Å²) in [7, 11) is 0. The van der Waals surface area contributed by atoms with Crippen LogP contribution in [0.25, 0.3) is 6.08 Å². The number of aryl methyl sites for hydroxylation is 2. The van der Waals surface area contributed by atoms with Crippen LogP contribution in [-0.2, 0) is 47.7 Å². The molecule has 5 N–H and O–H groups in total. The van der Waals surface area contributed by atoms with E-state index in [1.54, 1.807) is 61.5 Å². The molecule has 16 nitrogen and oxygen atoms in total. The quantitative estimate of drug-likeness (QED) is 0.0903. The maximum atomic E-state index is 11.8. The van der Waals surface area contributed by atoms with Gasteiger partial charge in [0.15, 0.2) is 0 Å². The van der Waals surface area contributed by atoms with Gasteiger partial charge in [0.2, 0.25) is 0 Å². The molecule has 0 spiro atoms. The second-order valence-electron chi connectivity index (χ2n) is 18.1. The number of allylic oxidation sites excluding steroid dienone is 2. The van der Waals surface area contributed by atoms with Gasteiger partial charge in [-0.3, -0.25) is 20.1 Å². The fourth-order valence-electron chi connectivity index (χ4n) is 7.14. The van der Waals surface area contributed by atoms with E-state index in [0.717, 1.165) is 51.8 Å². The Bertz CT molecular complexity index is 2410. The van der Waals surface area contributed by atoms with E-state index in [0.29, 0.717) is 12.5 Å². The van der Waals surface area contributed by atoms with Crippen LogP contribution < -0.4 is 16.0 Å². The molecule has 113 heavy (non-hydrogen) atoms. The zero-order chi connectivity index (χ0) is 88.1. The van der Waals surface area contributed by atoms with Crippen molar-refractivity contribution in [3.63, 3.8) is 0 Å². The summed E-state index contributed by atoms with van der Waals surface area (Å²) in [6.07, 6.45) is 41.6. The third-order valence-electron chi connectivity index (χ3n) is 11.4. The second kappa shape index (κ2) is 119. The lowest BCUT2D eigenvalue weighted by Gasteiger charge is -2.26. The van der Waals surface area contributed by atoms with Gasteiger partial charge in [-0.25, -0.2) is 4.98 Å². The maximum Gasteiger partial charge on any atom is 0.585 e. The minimum Gasteiger partial charge on any atom is -0.502 e. The fraction of sp³-hybridized carbons (Fsp3) is 0.544. The van der Waals surface area contributed by atoms with Crippen LogP contribution in [0.3, 0.4) is 0 Å². The highest BCUT2D eigenvalue weighted by Gasteiger charge is 2.63. The molecule has 3 aliphatic carbocycles. The monoisotopic (exact) mass is 1620 g/mol. The molecule has 10 heterocycles. The van der Waals surface area contributed by atoms with Gasteiger partial charge in [0.05, 0.1) is 19.1 Å². The molecule has 0 bridgehead atoms. The SMILES string of the molecule is C1=CNCC1.C1=COCCC1.C1=COCCN1.C1=CSCCN1.C1=Cc2ccccc2C1.C1CCCCC1.CC.CC.CC.CC.CC.CC.CC.CC.CC.CC.CC.CC.CC.FC1(F)OC=CO1.FC1(F)OC=COC1(F)F.c1cc2c([nH]1)CCCC2.c1ccccc1.c1ccncc1.c1cnccn1.c1nc[nH]n1. The Hall–Kier alpha value is -8.60. The number of rotatable bonds is 0. The molecule has 0 atom stereocenters. The van der Waals surface area contributed by atoms with E-state index in [1.165, 1.54) is 119 Å². The summed E-state index contributed by atoms with van der Waals surface area (Å²) in [5.74, 6) is 1.22. The predicted octanol–water partition coefficient (Wildman–Crippen LogP) is 28.3. The molecule has 23 heteroatoms. The molecule has 6 aliphatic heterocycles. The predicted molar refractivity (Wildman–Crippen MR) is 477 cm³/mol. The number of fused-ring (bicyclic) bond motifs is 2. The van der Waals surface area contributed by atoms with E-state index >= 15 is 0 Å². The average molecular weight is 1620 g/mol. The number of benzene rings is 2. The first-order valence-corrected chi connectivity index (χ1v) is 42.7. The zero-order valence-electron chi connectivity index (χ0n) is 74.9. The Morgan fingerprint density at radius 2 is 0.841 bits per heavy atom. The first-order chi connectivity index (χ1) is 55.6. The number of nitrogens with zero attached hydrogens (tertiary/aromatic N) is 5. The molecule has 0 saturated heterocycles. The molecule has 6 aromatic rings. The highest BCUT2D eigenvalue weighted by atomic mass is 32.2. The van der Waals surface area contributed by atoms with Crippen LogP contribution in [0.1, 0.15) is 273 Å². The zero-order valence-corrected chi connectivity index (χ0v) is 75.7. The highest BCUT2D eigenvalue weighted by Crippen LogP contribution is 2.39. The van der Waals surface area contributed by atoms with E-state index in [2.05, 4.69) is 130 Å². The number of nitrogens with one attached hydrogen (secondary N) is 5. The van der Waals surface area contributed by atoms with Crippen LogP contribution in [0.4, 0.5) is 26.3 Å². The third kappa shape index (κ3) is 97.5. The van der Waals surface area contributed by atoms with Crippen molar-refractivity contribution >= 4 is 17.8 Å². The molecule has 9 aliphatic rings. The molecule has 1 saturated carbocycles. The summed E-state index contributed by atoms with van der Waals surface area (Å²) < 4.78 is 93.7. The van der Waals surface area contributed by atoms with Crippen LogP contribution in [0, 0.1) is 0 Å². The van der Waals surface area contributed by atoms with Crippen molar-refractivity contribution in [3.8, 4) is 0 Å². The molecule has 654 valence electrons. The number of alkyl halides is 6. The molecule has 0 radical (unpaired) electrons. The number of thioether (sulfide) groups is 1. The molecule has 0 amide bonds. The topological polar surface area (TPSA) is 188 Å². The molecule has 15 rings (SSSR count). The number of hydrogen-bond acceptors (Lipinski definition) is 15.